The van der Waals surface area contributed by atoms with Crippen LogP contribution in [0, 0.1) is 18.7 Å². The van der Waals surface area contributed by atoms with E-state index in [0.717, 1.165) is 5.56 Å². The van der Waals surface area contributed by atoms with Gasteiger partial charge in [-0.2, -0.15) is 4.31 Å². The Bertz CT molecular complexity index is 986. The molecule has 3 rings (SSSR count). The number of nitrogens with zero attached hydrogens (tertiary/aromatic N) is 1. The Labute approximate surface area is 173 Å². The molecule has 0 spiro atoms. The number of carbonyl (C=O) groups is 1. The van der Waals surface area contributed by atoms with E-state index in [9.17, 15) is 17.6 Å². The Balaban J connectivity index is 1.69. The summed E-state index contributed by atoms with van der Waals surface area (Å²) in [6.07, 6.45) is 0.697. The molecule has 0 aliphatic carbocycles. The largest absolute Gasteiger partial charge is 0.326 e. The first-order chi connectivity index (χ1) is 13.2. The normalized spacial score (nSPS) is 16.1. The molecule has 150 valence electrons. The van der Waals surface area contributed by atoms with Crippen molar-refractivity contribution in [2.24, 2.45) is 5.92 Å². The van der Waals surface area contributed by atoms with Crippen LogP contribution in [0.25, 0.3) is 0 Å². The molecular weight excluding hydrogens is 426 g/mol. The second kappa shape index (κ2) is 8.37. The Morgan fingerprint density at radius 2 is 1.75 bits per heavy atom. The van der Waals surface area contributed by atoms with Crippen LogP contribution in [0.15, 0.2) is 41.3 Å². The van der Waals surface area contributed by atoms with Crippen LogP contribution >= 0.6 is 23.2 Å². The van der Waals surface area contributed by atoms with Gasteiger partial charge in [-0.3, -0.25) is 4.79 Å². The molecule has 5 nitrogen and oxygen atoms in total. The van der Waals surface area contributed by atoms with Gasteiger partial charge >= 0.3 is 0 Å². The molecule has 1 saturated heterocycles. The molecule has 1 N–H and O–H groups in total. The summed E-state index contributed by atoms with van der Waals surface area (Å²) in [4.78, 5) is 12.4. The minimum absolute atomic E-state index is 0.0638. The summed E-state index contributed by atoms with van der Waals surface area (Å²) in [6.45, 7) is 2.12. The summed E-state index contributed by atoms with van der Waals surface area (Å²) >= 11 is 12.1. The van der Waals surface area contributed by atoms with Crippen molar-refractivity contribution < 1.29 is 17.6 Å². The van der Waals surface area contributed by atoms with E-state index >= 15 is 0 Å². The lowest BCUT2D eigenvalue weighted by Crippen LogP contribution is -2.41. The maximum atomic E-state index is 13.4. The number of hydrogen-bond acceptors (Lipinski definition) is 3. The first-order valence-corrected chi connectivity index (χ1v) is 10.9. The van der Waals surface area contributed by atoms with E-state index in [0.29, 0.717) is 18.5 Å². The van der Waals surface area contributed by atoms with E-state index in [1.807, 2.05) is 0 Å². The highest BCUT2D eigenvalue weighted by Crippen LogP contribution is 2.33. The summed E-state index contributed by atoms with van der Waals surface area (Å²) in [7, 11) is -3.86. The average Bonchev–Trinajstić information content (AvgIpc) is 2.64. The molecule has 9 heteroatoms. The fraction of sp³-hybridized carbons (Fsp3) is 0.316. The molecule has 0 aromatic heterocycles. The second-order valence-corrected chi connectivity index (χ2v) is 9.37. The van der Waals surface area contributed by atoms with Crippen LogP contribution in [0.5, 0.6) is 0 Å². The molecule has 1 amide bonds. The lowest BCUT2D eigenvalue weighted by molar-refractivity contribution is -0.120. The van der Waals surface area contributed by atoms with Crippen molar-refractivity contribution in [1.82, 2.24) is 4.31 Å². The van der Waals surface area contributed by atoms with E-state index in [1.165, 1.54) is 28.6 Å². The zero-order chi connectivity index (χ0) is 20.5. The minimum Gasteiger partial charge on any atom is -0.326 e. The van der Waals surface area contributed by atoms with Gasteiger partial charge in [0.15, 0.2) is 0 Å². The third-order valence-electron chi connectivity index (χ3n) is 4.80. The molecule has 0 radical (unpaired) electrons. The smallest absolute Gasteiger partial charge is 0.246 e. The van der Waals surface area contributed by atoms with Crippen LogP contribution in [0.4, 0.5) is 10.1 Å². The molecule has 1 aliphatic rings. The number of aryl methyl sites for hydroxylation is 1. The van der Waals surface area contributed by atoms with Crippen LogP contribution < -0.4 is 5.32 Å². The van der Waals surface area contributed by atoms with E-state index in [2.05, 4.69) is 5.32 Å². The zero-order valence-electron chi connectivity index (χ0n) is 15.1. The van der Waals surface area contributed by atoms with Crippen molar-refractivity contribution in [1.29, 1.82) is 0 Å². The molecule has 0 saturated carbocycles. The first kappa shape index (κ1) is 21.0. The SMILES string of the molecule is Cc1ccc(F)cc1NC(=O)C1CCN(S(=O)(=O)c2c(Cl)cccc2Cl)CC1. The minimum atomic E-state index is -3.86. The Morgan fingerprint density at radius 1 is 1.14 bits per heavy atom. The summed E-state index contributed by atoms with van der Waals surface area (Å²) in [5.41, 5.74) is 1.17. The van der Waals surface area contributed by atoms with Crippen LogP contribution in [-0.4, -0.2) is 31.7 Å². The number of benzene rings is 2. The number of nitrogens with one attached hydrogen (secondary N) is 1. The van der Waals surface area contributed by atoms with Crippen molar-refractivity contribution in [3.63, 3.8) is 0 Å². The van der Waals surface area contributed by atoms with E-state index in [4.69, 9.17) is 23.2 Å². The first-order valence-electron chi connectivity index (χ1n) is 8.71. The fourth-order valence-corrected chi connectivity index (χ4v) is 5.74. The van der Waals surface area contributed by atoms with E-state index in [-0.39, 0.29) is 39.9 Å². The maximum absolute atomic E-state index is 13.4. The Hall–Kier alpha value is -1.67. The molecule has 1 fully saturated rings. The lowest BCUT2D eigenvalue weighted by atomic mass is 9.97. The molecule has 2 aromatic rings. The quantitative estimate of drug-likeness (QED) is 0.755. The predicted octanol–water partition coefficient (Wildman–Crippen LogP) is 4.48. The number of amides is 1. The van der Waals surface area contributed by atoms with Crippen molar-refractivity contribution >= 4 is 44.8 Å². The predicted molar refractivity (Wildman–Crippen MR) is 108 cm³/mol. The van der Waals surface area contributed by atoms with Gasteiger partial charge in [-0.1, -0.05) is 35.3 Å². The number of hydrogen-bond donors (Lipinski definition) is 1. The van der Waals surface area contributed by atoms with E-state index < -0.39 is 15.8 Å². The molecule has 0 atom stereocenters. The molecule has 1 heterocycles. The number of anilines is 1. The highest BCUT2D eigenvalue weighted by Gasteiger charge is 2.34. The van der Waals surface area contributed by atoms with Crippen molar-refractivity contribution in [2.45, 2.75) is 24.7 Å². The highest BCUT2D eigenvalue weighted by atomic mass is 35.5. The topological polar surface area (TPSA) is 66.5 Å². The molecular formula is C19H19Cl2FN2O3S. The number of halogens is 3. The lowest BCUT2D eigenvalue weighted by Gasteiger charge is -2.31. The van der Waals surface area contributed by atoms with Crippen LogP contribution in [0.1, 0.15) is 18.4 Å². The van der Waals surface area contributed by atoms with Crippen molar-refractivity contribution in [2.75, 3.05) is 18.4 Å². The van der Waals surface area contributed by atoms with Crippen LogP contribution in [0.3, 0.4) is 0 Å². The summed E-state index contributed by atoms with van der Waals surface area (Å²) in [6, 6.07) is 8.71. The molecule has 0 bridgehead atoms. The number of sulfonamides is 1. The van der Waals surface area contributed by atoms with Gasteiger partial charge in [-0.25, -0.2) is 12.8 Å². The number of carbonyl (C=O) groups excluding carboxylic acids is 1. The van der Waals surface area contributed by atoms with Gasteiger partial charge in [-0.05, 0) is 49.6 Å². The van der Waals surface area contributed by atoms with Gasteiger partial charge in [0.1, 0.15) is 10.7 Å². The van der Waals surface area contributed by atoms with Crippen molar-refractivity contribution in [3.8, 4) is 0 Å². The molecule has 28 heavy (non-hydrogen) atoms. The zero-order valence-corrected chi connectivity index (χ0v) is 17.4. The third kappa shape index (κ3) is 4.33. The van der Waals surface area contributed by atoms with Crippen LogP contribution in [-0.2, 0) is 14.8 Å². The van der Waals surface area contributed by atoms with Gasteiger partial charge in [0, 0.05) is 24.7 Å². The van der Waals surface area contributed by atoms with Gasteiger partial charge in [0.2, 0.25) is 15.9 Å². The van der Waals surface area contributed by atoms with Gasteiger partial charge in [0.25, 0.3) is 0 Å². The second-order valence-electron chi connectivity index (χ2n) is 6.68. The van der Waals surface area contributed by atoms with E-state index in [1.54, 1.807) is 19.1 Å². The Kier molecular flexibility index (Phi) is 6.29. The van der Waals surface area contributed by atoms with Crippen molar-refractivity contribution in [3.05, 3.63) is 57.8 Å². The van der Waals surface area contributed by atoms with Gasteiger partial charge in [-0.15, -0.1) is 0 Å². The summed E-state index contributed by atoms with van der Waals surface area (Å²) in [5, 5.41) is 2.86. The summed E-state index contributed by atoms with van der Waals surface area (Å²) < 4.78 is 40.5. The third-order valence-corrected chi connectivity index (χ3v) is 7.65. The number of piperidine rings is 1. The standard InChI is InChI=1S/C19H19Cl2FN2O3S/c1-12-5-6-14(22)11-17(12)23-19(25)13-7-9-24(10-8-13)28(26,27)18-15(20)3-2-4-16(18)21/h2-6,11,13H,7-10H2,1H3,(H,23,25). The average molecular weight is 445 g/mol. The van der Waals surface area contributed by atoms with Gasteiger partial charge < -0.3 is 5.32 Å². The molecule has 2 aromatic carbocycles. The van der Waals surface area contributed by atoms with Crippen LogP contribution in [0.2, 0.25) is 10.0 Å². The Morgan fingerprint density at radius 3 is 2.36 bits per heavy atom. The number of rotatable bonds is 4. The molecule has 1 aliphatic heterocycles. The summed E-state index contributed by atoms with van der Waals surface area (Å²) in [5.74, 6) is -1.05. The fourth-order valence-electron chi connectivity index (χ4n) is 3.18. The highest BCUT2D eigenvalue weighted by molar-refractivity contribution is 7.89. The van der Waals surface area contributed by atoms with Gasteiger partial charge in [0.05, 0.1) is 10.0 Å². The monoisotopic (exact) mass is 444 g/mol. The molecule has 0 unspecified atom stereocenters. The maximum Gasteiger partial charge on any atom is 0.246 e.